The highest BCUT2D eigenvalue weighted by Gasteiger charge is 2.27. The standard InChI is InChI=1S/C20H21N3O7/c1-12(17(29-2)20(26)30-3)21-18(24)13-4-8-15(9-5-13)22-19(25)14-6-10-16(11-7-14)23(27)28/h4-12,17H,1-3H3,(H,21,24)(H,22,25)/t12-,17+/m1/s1. The van der Waals surface area contributed by atoms with Crippen LogP contribution in [0.5, 0.6) is 0 Å². The summed E-state index contributed by atoms with van der Waals surface area (Å²) in [4.78, 5) is 46.4. The highest BCUT2D eigenvalue weighted by molar-refractivity contribution is 6.04. The number of ether oxygens (including phenoxy) is 2. The molecule has 2 aromatic rings. The SMILES string of the molecule is COC(=O)[C@@H](OC)[C@@H](C)NC(=O)c1ccc(NC(=O)c2ccc([N+](=O)[O-])cc2)cc1. The van der Waals surface area contributed by atoms with Gasteiger partial charge in [0.25, 0.3) is 17.5 Å². The molecule has 2 atom stereocenters. The van der Waals surface area contributed by atoms with Crippen LogP contribution in [0.2, 0.25) is 0 Å². The van der Waals surface area contributed by atoms with Gasteiger partial charge in [-0.2, -0.15) is 0 Å². The Hall–Kier alpha value is -3.79. The summed E-state index contributed by atoms with van der Waals surface area (Å²) < 4.78 is 9.68. The Balaban J connectivity index is 2.00. The highest BCUT2D eigenvalue weighted by Crippen LogP contribution is 2.15. The molecule has 0 radical (unpaired) electrons. The van der Waals surface area contributed by atoms with Crippen molar-refractivity contribution in [3.63, 3.8) is 0 Å². The monoisotopic (exact) mass is 415 g/mol. The Labute approximate surface area is 172 Å². The molecule has 0 spiro atoms. The van der Waals surface area contributed by atoms with Crippen molar-refractivity contribution in [3.05, 3.63) is 69.8 Å². The minimum absolute atomic E-state index is 0.112. The molecule has 0 saturated carbocycles. The molecule has 10 nitrogen and oxygen atoms in total. The van der Waals surface area contributed by atoms with Gasteiger partial charge >= 0.3 is 5.97 Å². The zero-order chi connectivity index (χ0) is 22.3. The molecule has 0 fully saturated rings. The summed E-state index contributed by atoms with van der Waals surface area (Å²) in [5, 5.41) is 16.0. The molecule has 10 heteroatoms. The predicted octanol–water partition coefficient (Wildman–Crippen LogP) is 2.15. The molecule has 0 unspecified atom stereocenters. The number of nitrogens with one attached hydrogen (secondary N) is 2. The number of non-ortho nitro benzene ring substituents is 1. The summed E-state index contributed by atoms with van der Waals surface area (Å²) in [5.74, 6) is -1.48. The van der Waals surface area contributed by atoms with Crippen molar-refractivity contribution in [1.29, 1.82) is 0 Å². The van der Waals surface area contributed by atoms with Crippen LogP contribution in [0.4, 0.5) is 11.4 Å². The molecular weight excluding hydrogens is 394 g/mol. The molecule has 2 N–H and O–H groups in total. The van der Waals surface area contributed by atoms with Gasteiger partial charge in [-0.1, -0.05) is 0 Å². The number of anilines is 1. The van der Waals surface area contributed by atoms with Gasteiger partial charge in [0.2, 0.25) is 0 Å². The lowest BCUT2D eigenvalue weighted by Gasteiger charge is -2.21. The number of hydrogen-bond donors (Lipinski definition) is 2. The first-order chi connectivity index (χ1) is 14.3. The van der Waals surface area contributed by atoms with Crippen molar-refractivity contribution in [2.24, 2.45) is 0 Å². The number of amides is 2. The number of esters is 1. The van der Waals surface area contributed by atoms with E-state index in [1.807, 2.05) is 0 Å². The van der Waals surface area contributed by atoms with E-state index in [1.165, 1.54) is 62.8 Å². The van der Waals surface area contributed by atoms with E-state index < -0.39 is 34.9 Å². The number of carbonyl (C=O) groups excluding carboxylic acids is 3. The molecule has 0 heterocycles. The average Bonchev–Trinajstić information content (AvgIpc) is 2.74. The van der Waals surface area contributed by atoms with Gasteiger partial charge in [0.05, 0.1) is 18.1 Å². The normalized spacial score (nSPS) is 12.4. The van der Waals surface area contributed by atoms with Crippen LogP contribution in [0.15, 0.2) is 48.5 Å². The number of methoxy groups -OCH3 is 2. The van der Waals surface area contributed by atoms with Crippen molar-refractivity contribution in [1.82, 2.24) is 5.32 Å². The van der Waals surface area contributed by atoms with Gasteiger partial charge in [-0.15, -0.1) is 0 Å². The fourth-order valence-electron chi connectivity index (χ4n) is 2.63. The maximum Gasteiger partial charge on any atom is 0.337 e. The molecule has 0 aromatic heterocycles. The maximum absolute atomic E-state index is 12.4. The van der Waals surface area contributed by atoms with Crippen molar-refractivity contribution >= 4 is 29.2 Å². The average molecular weight is 415 g/mol. The van der Waals surface area contributed by atoms with E-state index >= 15 is 0 Å². The lowest BCUT2D eigenvalue weighted by molar-refractivity contribution is -0.384. The maximum atomic E-state index is 12.4. The summed E-state index contributed by atoms with van der Waals surface area (Å²) in [6.45, 7) is 1.61. The van der Waals surface area contributed by atoms with Gasteiger partial charge < -0.3 is 20.1 Å². The zero-order valence-electron chi connectivity index (χ0n) is 16.6. The second-order valence-corrected chi connectivity index (χ2v) is 6.28. The van der Waals surface area contributed by atoms with E-state index in [9.17, 15) is 24.5 Å². The van der Waals surface area contributed by atoms with Crippen molar-refractivity contribution in [2.75, 3.05) is 19.5 Å². The van der Waals surface area contributed by atoms with Crippen molar-refractivity contribution < 1.29 is 28.8 Å². The number of nitrogens with zero attached hydrogens (tertiary/aromatic N) is 1. The van der Waals surface area contributed by atoms with Crippen molar-refractivity contribution in [2.45, 2.75) is 19.1 Å². The summed E-state index contributed by atoms with van der Waals surface area (Å²) >= 11 is 0. The van der Waals surface area contributed by atoms with Crippen LogP contribution in [0, 0.1) is 10.1 Å². The molecule has 0 saturated heterocycles. The van der Waals surface area contributed by atoms with Gasteiger partial charge in [0.15, 0.2) is 6.10 Å². The Morgan fingerprint density at radius 2 is 1.47 bits per heavy atom. The van der Waals surface area contributed by atoms with Gasteiger partial charge in [-0.25, -0.2) is 4.79 Å². The second-order valence-electron chi connectivity index (χ2n) is 6.28. The zero-order valence-corrected chi connectivity index (χ0v) is 16.6. The Morgan fingerprint density at radius 3 is 1.97 bits per heavy atom. The quantitative estimate of drug-likeness (QED) is 0.383. The Kier molecular flexibility index (Phi) is 7.59. The van der Waals surface area contributed by atoms with E-state index in [2.05, 4.69) is 15.4 Å². The summed E-state index contributed by atoms with van der Waals surface area (Å²) in [7, 11) is 2.57. The lowest BCUT2D eigenvalue weighted by Crippen LogP contribution is -2.46. The van der Waals surface area contributed by atoms with Crippen LogP contribution in [-0.4, -0.2) is 49.1 Å². The number of rotatable bonds is 8. The third-order valence-electron chi connectivity index (χ3n) is 4.25. The molecule has 0 aliphatic rings. The van der Waals surface area contributed by atoms with Gasteiger partial charge in [-0.05, 0) is 43.3 Å². The van der Waals surface area contributed by atoms with E-state index in [1.54, 1.807) is 6.92 Å². The minimum atomic E-state index is -0.945. The molecule has 0 bridgehead atoms. The number of hydrogen-bond acceptors (Lipinski definition) is 7. The van der Waals surface area contributed by atoms with Crippen LogP contribution in [0.3, 0.4) is 0 Å². The van der Waals surface area contributed by atoms with Crippen LogP contribution >= 0.6 is 0 Å². The number of benzene rings is 2. The van der Waals surface area contributed by atoms with Crippen LogP contribution in [0.1, 0.15) is 27.6 Å². The minimum Gasteiger partial charge on any atom is -0.467 e. The van der Waals surface area contributed by atoms with E-state index in [-0.39, 0.29) is 11.3 Å². The van der Waals surface area contributed by atoms with E-state index in [4.69, 9.17) is 4.74 Å². The summed E-state index contributed by atoms with van der Waals surface area (Å²) in [6, 6.07) is 10.6. The third kappa shape index (κ3) is 5.61. The van der Waals surface area contributed by atoms with Crippen LogP contribution in [0.25, 0.3) is 0 Å². The molecular formula is C20H21N3O7. The third-order valence-corrected chi connectivity index (χ3v) is 4.25. The molecule has 158 valence electrons. The van der Waals surface area contributed by atoms with Gasteiger partial charge in [0, 0.05) is 36.1 Å². The second kappa shape index (κ2) is 10.1. The Bertz CT molecular complexity index is 926. The molecule has 2 aromatic carbocycles. The van der Waals surface area contributed by atoms with Crippen LogP contribution in [-0.2, 0) is 14.3 Å². The lowest BCUT2D eigenvalue weighted by atomic mass is 10.1. The largest absolute Gasteiger partial charge is 0.467 e. The predicted molar refractivity (Wildman–Crippen MR) is 107 cm³/mol. The molecule has 2 rings (SSSR count). The Morgan fingerprint density at radius 1 is 0.933 bits per heavy atom. The molecule has 0 aliphatic heterocycles. The first-order valence-corrected chi connectivity index (χ1v) is 8.84. The molecule has 2 amide bonds. The van der Waals surface area contributed by atoms with Gasteiger partial charge in [-0.3, -0.25) is 19.7 Å². The summed E-state index contributed by atoms with van der Waals surface area (Å²) in [5.41, 5.74) is 0.894. The smallest absolute Gasteiger partial charge is 0.337 e. The first kappa shape index (κ1) is 22.5. The number of nitro benzene ring substituents is 1. The topological polar surface area (TPSA) is 137 Å². The van der Waals surface area contributed by atoms with Gasteiger partial charge in [0.1, 0.15) is 0 Å². The highest BCUT2D eigenvalue weighted by atomic mass is 16.6. The first-order valence-electron chi connectivity index (χ1n) is 8.84. The number of nitro groups is 1. The van der Waals surface area contributed by atoms with E-state index in [0.29, 0.717) is 11.3 Å². The summed E-state index contributed by atoms with van der Waals surface area (Å²) in [6.07, 6.45) is -0.945. The van der Waals surface area contributed by atoms with E-state index in [0.717, 1.165) is 0 Å². The number of carbonyl (C=O) groups is 3. The fourth-order valence-corrected chi connectivity index (χ4v) is 2.63. The molecule has 0 aliphatic carbocycles. The fraction of sp³-hybridized carbons (Fsp3) is 0.250. The van der Waals surface area contributed by atoms with Crippen molar-refractivity contribution in [3.8, 4) is 0 Å². The van der Waals surface area contributed by atoms with Crippen LogP contribution < -0.4 is 10.6 Å². The molecule has 30 heavy (non-hydrogen) atoms.